The van der Waals surface area contributed by atoms with Crippen molar-refractivity contribution in [2.75, 3.05) is 5.75 Å². The van der Waals surface area contributed by atoms with Gasteiger partial charge in [0.15, 0.2) is 0 Å². The predicted molar refractivity (Wildman–Crippen MR) is 104 cm³/mol. The van der Waals surface area contributed by atoms with Crippen LogP contribution in [0.2, 0.25) is 0 Å². The summed E-state index contributed by atoms with van der Waals surface area (Å²) in [5.41, 5.74) is 1.40. The summed E-state index contributed by atoms with van der Waals surface area (Å²) in [5.74, 6) is -1.66. The van der Waals surface area contributed by atoms with Gasteiger partial charge in [-0.1, -0.05) is 12.1 Å². The molecule has 0 radical (unpaired) electrons. The molecule has 3 aromatic rings. The van der Waals surface area contributed by atoms with E-state index in [1.165, 1.54) is 28.3 Å². The van der Waals surface area contributed by atoms with Crippen LogP contribution in [0.25, 0.3) is 21.2 Å². The molecule has 4 rings (SSSR count). The number of halogens is 1. The highest BCUT2D eigenvalue weighted by Crippen LogP contribution is 2.36. The van der Waals surface area contributed by atoms with E-state index in [1.807, 2.05) is 0 Å². The Labute approximate surface area is 162 Å². The molecule has 5 nitrogen and oxygen atoms in total. The van der Waals surface area contributed by atoms with Crippen molar-refractivity contribution in [1.82, 2.24) is 9.97 Å². The summed E-state index contributed by atoms with van der Waals surface area (Å²) in [6, 6.07) is 5.91. The number of rotatable bonds is 5. The summed E-state index contributed by atoms with van der Waals surface area (Å²) >= 11 is 2.49. The maximum absolute atomic E-state index is 13.5. The van der Waals surface area contributed by atoms with Crippen LogP contribution < -0.4 is 10.7 Å². The van der Waals surface area contributed by atoms with Crippen molar-refractivity contribution in [3.05, 3.63) is 62.3 Å². The molecule has 0 saturated heterocycles. The number of thioether (sulfide) groups is 1. The normalized spacial score (nSPS) is 13.9. The lowest BCUT2D eigenvalue weighted by molar-refractivity contribution is -0.301. The molecule has 0 aliphatic heterocycles. The molecular weight excluding hydrogens is 387 g/mol. The number of aryl methyl sites for hydroxylation is 2. The van der Waals surface area contributed by atoms with Crippen LogP contribution in [0.15, 0.2) is 29.1 Å². The fourth-order valence-electron chi connectivity index (χ4n) is 3.18. The minimum atomic E-state index is -1.23. The Hall–Kier alpha value is -2.45. The van der Waals surface area contributed by atoms with Crippen LogP contribution in [0, 0.1) is 5.82 Å². The number of aliphatic carboxylic acids is 1. The highest BCUT2D eigenvalue weighted by Gasteiger charge is 2.21. The minimum absolute atomic E-state index is 0.228. The van der Waals surface area contributed by atoms with E-state index in [1.54, 1.807) is 18.2 Å². The zero-order chi connectivity index (χ0) is 19.0. The monoisotopic (exact) mass is 401 g/mol. The molecule has 0 spiro atoms. The first kappa shape index (κ1) is 17.9. The van der Waals surface area contributed by atoms with E-state index in [9.17, 15) is 19.1 Å². The Kier molecular flexibility index (Phi) is 4.84. The molecule has 1 N–H and O–H groups in total. The van der Waals surface area contributed by atoms with E-state index < -0.39 is 11.8 Å². The first-order valence-electron chi connectivity index (χ1n) is 8.36. The molecule has 0 amide bonds. The third-order valence-corrected chi connectivity index (χ3v) is 6.49. The van der Waals surface area contributed by atoms with Crippen LogP contribution in [0.4, 0.5) is 4.39 Å². The molecule has 138 valence electrons. The Bertz CT molecular complexity index is 1130. The van der Waals surface area contributed by atoms with Crippen molar-refractivity contribution in [2.45, 2.75) is 19.3 Å². The van der Waals surface area contributed by atoms with Gasteiger partial charge in [0.25, 0.3) is 5.56 Å². The van der Waals surface area contributed by atoms with Crippen molar-refractivity contribution in [1.29, 1.82) is 0 Å². The van der Waals surface area contributed by atoms with E-state index in [0.29, 0.717) is 20.7 Å². The van der Waals surface area contributed by atoms with E-state index >= 15 is 0 Å². The average molecular weight is 401 g/mol. The lowest BCUT2D eigenvalue weighted by Crippen LogP contribution is -2.24. The van der Waals surface area contributed by atoms with E-state index in [0.717, 1.165) is 36.6 Å². The van der Waals surface area contributed by atoms with Gasteiger partial charge in [0.2, 0.25) is 0 Å². The smallest absolute Gasteiger partial charge is 0.260 e. The molecular formula is C19H14FN2O3S2-. The van der Waals surface area contributed by atoms with E-state index in [4.69, 9.17) is 0 Å². The Morgan fingerprint density at radius 2 is 2.26 bits per heavy atom. The van der Waals surface area contributed by atoms with Gasteiger partial charge in [-0.3, -0.25) is 4.79 Å². The van der Waals surface area contributed by atoms with Gasteiger partial charge in [0.05, 0.1) is 16.3 Å². The number of benzene rings is 1. The Balaban J connectivity index is 1.82. The number of fused-ring (bicyclic) bond motifs is 3. The molecule has 2 aromatic heterocycles. The van der Waals surface area contributed by atoms with Crippen LogP contribution in [0.1, 0.15) is 28.2 Å². The molecule has 0 unspecified atom stereocenters. The molecule has 27 heavy (non-hydrogen) atoms. The first-order valence-corrected chi connectivity index (χ1v) is 10.2. The third-order valence-electron chi connectivity index (χ3n) is 4.30. The zero-order valence-electron chi connectivity index (χ0n) is 14.1. The zero-order valence-corrected chi connectivity index (χ0v) is 15.7. The number of carboxylic acids is 1. The summed E-state index contributed by atoms with van der Waals surface area (Å²) in [5, 5.41) is 11.5. The van der Waals surface area contributed by atoms with E-state index in [-0.39, 0.29) is 17.1 Å². The number of carbonyl (C=O) groups excluding carboxylic acids is 1. The predicted octanol–water partition coefficient (Wildman–Crippen LogP) is 2.59. The summed E-state index contributed by atoms with van der Waals surface area (Å²) in [6.45, 7) is 0. The lowest BCUT2D eigenvalue weighted by atomic mass is 10.2. The van der Waals surface area contributed by atoms with Gasteiger partial charge < -0.3 is 14.9 Å². The second-order valence-corrected chi connectivity index (χ2v) is 8.28. The number of aromatic amines is 1. The van der Waals surface area contributed by atoms with Gasteiger partial charge >= 0.3 is 0 Å². The van der Waals surface area contributed by atoms with Gasteiger partial charge in [0.1, 0.15) is 16.5 Å². The molecule has 0 atom stereocenters. The third kappa shape index (κ3) is 3.68. The second-order valence-electron chi connectivity index (χ2n) is 6.18. The van der Waals surface area contributed by atoms with Crippen molar-refractivity contribution >= 4 is 50.3 Å². The summed E-state index contributed by atoms with van der Waals surface area (Å²) in [4.78, 5) is 33.2. The highest BCUT2D eigenvalue weighted by molar-refractivity contribution is 8.09. The van der Waals surface area contributed by atoms with Crippen molar-refractivity contribution in [3.63, 3.8) is 0 Å². The second kappa shape index (κ2) is 7.28. The van der Waals surface area contributed by atoms with Crippen molar-refractivity contribution < 1.29 is 14.3 Å². The maximum Gasteiger partial charge on any atom is 0.260 e. The van der Waals surface area contributed by atoms with Crippen molar-refractivity contribution in [3.8, 4) is 0 Å². The number of hydrogen-bond donors (Lipinski definition) is 1. The summed E-state index contributed by atoms with van der Waals surface area (Å²) in [6.07, 6.45) is 4.49. The number of hydrogen-bond acceptors (Lipinski definition) is 6. The molecule has 0 bridgehead atoms. The molecule has 1 aliphatic carbocycles. The van der Waals surface area contributed by atoms with Gasteiger partial charge in [-0.15, -0.1) is 23.1 Å². The van der Waals surface area contributed by atoms with E-state index in [2.05, 4.69) is 9.97 Å². The van der Waals surface area contributed by atoms with Crippen LogP contribution >= 0.6 is 23.1 Å². The van der Waals surface area contributed by atoms with Gasteiger partial charge in [-0.05, 0) is 48.6 Å². The number of aromatic nitrogens is 2. The van der Waals surface area contributed by atoms with Crippen molar-refractivity contribution in [2.24, 2.45) is 0 Å². The molecule has 0 fully saturated rings. The molecule has 1 aliphatic rings. The standard InChI is InChI=1S/C19H15FN2O3S2/c20-11-4-1-3-10(7-11)8-14(26-9-15(23)24)17-21-18(25)16-12-5-2-6-13(12)27-19(16)22-17/h1,3-4,7-8H,2,5-6,9H2,(H,23,24)(H,21,22,25)/p-1/b14-8-. The Morgan fingerprint density at radius 1 is 1.41 bits per heavy atom. The maximum atomic E-state index is 13.5. The van der Waals surface area contributed by atoms with Gasteiger partial charge in [0, 0.05) is 10.6 Å². The van der Waals surface area contributed by atoms with Crippen LogP contribution in [0.3, 0.4) is 0 Å². The fourth-order valence-corrected chi connectivity index (χ4v) is 5.17. The largest absolute Gasteiger partial charge is 0.549 e. The molecule has 2 heterocycles. The average Bonchev–Trinajstić information content (AvgIpc) is 3.19. The van der Waals surface area contributed by atoms with Gasteiger partial charge in [-0.25, -0.2) is 9.37 Å². The van der Waals surface area contributed by atoms with Crippen LogP contribution in [0.5, 0.6) is 0 Å². The number of H-pyrrole nitrogens is 1. The number of carbonyl (C=O) groups is 1. The summed E-state index contributed by atoms with van der Waals surface area (Å²) < 4.78 is 13.5. The topological polar surface area (TPSA) is 85.9 Å². The van der Waals surface area contributed by atoms with Crippen LogP contribution in [-0.2, 0) is 17.6 Å². The summed E-state index contributed by atoms with van der Waals surface area (Å²) in [7, 11) is 0. The minimum Gasteiger partial charge on any atom is -0.549 e. The number of carboxylic acid groups (broad SMARTS) is 1. The lowest BCUT2D eigenvalue weighted by Gasteiger charge is -2.08. The SMILES string of the molecule is O=C([O-])CS/C(=C\c1cccc(F)c1)c1nc2sc3c(c2c(=O)[nH]1)CCC3. The number of nitrogens with zero attached hydrogens (tertiary/aromatic N) is 1. The first-order chi connectivity index (χ1) is 13.0. The fraction of sp³-hybridized carbons (Fsp3) is 0.211. The van der Waals surface area contributed by atoms with Crippen LogP contribution in [-0.4, -0.2) is 21.7 Å². The van der Waals surface area contributed by atoms with Gasteiger partial charge in [-0.2, -0.15) is 0 Å². The molecule has 0 saturated carbocycles. The highest BCUT2D eigenvalue weighted by atomic mass is 32.2. The number of nitrogens with one attached hydrogen (secondary N) is 1. The number of thiophene rings is 1. The quantitative estimate of drug-likeness (QED) is 0.710. The Morgan fingerprint density at radius 3 is 3.04 bits per heavy atom. The molecule has 1 aromatic carbocycles. The molecule has 8 heteroatoms.